The van der Waals surface area contributed by atoms with Crippen molar-refractivity contribution in [2.45, 2.75) is 19.8 Å². The van der Waals surface area contributed by atoms with Crippen LogP contribution in [0.3, 0.4) is 0 Å². The van der Waals surface area contributed by atoms with E-state index in [1.807, 2.05) is 35.2 Å². The van der Waals surface area contributed by atoms with E-state index in [4.69, 9.17) is 4.74 Å². The van der Waals surface area contributed by atoms with Crippen LogP contribution < -0.4 is 9.64 Å². The molecule has 132 valence electrons. The first-order valence-corrected chi connectivity index (χ1v) is 8.99. The summed E-state index contributed by atoms with van der Waals surface area (Å²) in [6.45, 7) is 6.09. The first kappa shape index (κ1) is 17.3. The number of piperazine rings is 1. The predicted octanol–water partition coefficient (Wildman–Crippen LogP) is 3.50. The number of para-hydroxylation sites is 1. The van der Waals surface area contributed by atoms with E-state index in [2.05, 4.69) is 36.1 Å². The van der Waals surface area contributed by atoms with Gasteiger partial charge in [-0.05, 0) is 43.2 Å². The molecule has 4 nitrogen and oxygen atoms in total. The number of amides is 1. The fourth-order valence-electron chi connectivity index (χ4n) is 3.13. The molecule has 1 heterocycles. The molecule has 0 atom stereocenters. The summed E-state index contributed by atoms with van der Waals surface area (Å²) in [5.41, 5.74) is 2.53. The van der Waals surface area contributed by atoms with Gasteiger partial charge in [0, 0.05) is 38.3 Å². The monoisotopic (exact) mass is 338 g/mol. The molecule has 1 saturated heterocycles. The summed E-state index contributed by atoms with van der Waals surface area (Å²) in [6, 6.07) is 18.3. The van der Waals surface area contributed by atoms with Gasteiger partial charge in [-0.1, -0.05) is 30.3 Å². The highest BCUT2D eigenvalue weighted by Gasteiger charge is 2.20. The van der Waals surface area contributed by atoms with Crippen molar-refractivity contribution in [3.05, 3.63) is 60.2 Å². The lowest BCUT2D eigenvalue weighted by Crippen LogP contribution is -2.48. The summed E-state index contributed by atoms with van der Waals surface area (Å²) < 4.78 is 5.65. The van der Waals surface area contributed by atoms with Gasteiger partial charge in [0.1, 0.15) is 5.75 Å². The van der Waals surface area contributed by atoms with Crippen molar-refractivity contribution < 1.29 is 9.53 Å². The highest BCUT2D eigenvalue weighted by atomic mass is 16.5. The van der Waals surface area contributed by atoms with Gasteiger partial charge in [-0.2, -0.15) is 0 Å². The maximum Gasteiger partial charge on any atom is 0.222 e. The van der Waals surface area contributed by atoms with Crippen LogP contribution in [0.25, 0.3) is 0 Å². The average molecular weight is 338 g/mol. The van der Waals surface area contributed by atoms with Gasteiger partial charge in [0.2, 0.25) is 5.91 Å². The van der Waals surface area contributed by atoms with Crippen LogP contribution in [0, 0.1) is 6.92 Å². The average Bonchev–Trinajstić information content (AvgIpc) is 2.66. The van der Waals surface area contributed by atoms with Gasteiger partial charge in [0.05, 0.1) is 6.61 Å². The zero-order chi connectivity index (χ0) is 17.5. The summed E-state index contributed by atoms with van der Waals surface area (Å²) in [4.78, 5) is 16.7. The van der Waals surface area contributed by atoms with E-state index in [1.165, 1.54) is 11.3 Å². The highest BCUT2D eigenvalue weighted by molar-refractivity contribution is 5.76. The minimum Gasteiger partial charge on any atom is -0.494 e. The molecular formula is C21H26N2O2. The molecule has 1 aliphatic heterocycles. The molecule has 3 rings (SSSR count). The number of rotatable bonds is 6. The Morgan fingerprint density at radius 3 is 2.48 bits per heavy atom. The SMILES string of the molecule is Cc1cccc(N2CCN(C(=O)CCCOc3ccccc3)CC2)c1. The van der Waals surface area contributed by atoms with E-state index in [1.54, 1.807) is 0 Å². The quantitative estimate of drug-likeness (QED) is 0.756. The third-order valence-electron chi connectivity index (χ3n) is 4.55. The second-order valence-corrected chi connectivity index (χ2v) is 6.47. The Hall–Kier alpha value is -2.49. The van der Waals surface area contributed by atoms with Gasteiger partial charge < -0.3 is 14.5 Å². The number of benzene rings is 2. The second kappa shape index (κ2) is 8.56. The molecule has 0 saturated carbocycles. The van der Waals surface area contributed by atoms with E-state index >= 15 is 0 Å². The Labute approximate surface area is 150 Å². The Morgan fingerprint density at radius 1 is 1.00 bits per heavy atom. The standard InChI is InChI=1S/C21H26N2O2/c1-18-7-5-8-19(17-18)22-12-14-23(15-13-22)21(24)11-6-16-25-20-9-3-2-4-10-20/h2-5,7-10,17H,6,11-16H2,1H3. The Morgan fingerprint density at radius 2 is 1.76 bits per heavy atom. The number of carbonyl (C=O) groups excluding carboxylic acids is 1. The third-order valence-corrected chi connectivity index (χ3v) is 4.55. The number of hydrogen-bond acceptors (Lipinski definition) is 3. The van der Waals surface area contributed by atoms with Crippen LogP contribution in [0.2, 0.25) is 0 Å². The molecule has 4 heteroatoms. The minimum atomic E-state index is 0.237. The normalized spacial score (nSPS) is 14.4. The molecule has 0 N–H and O–H groups in total. The third kappa shape index (κ3) is 4.99. The number of ether oxygens (including phenoxy) is 1. The fourth-order valence-corrected chi connectivity index (χ4v) is 3.13. The molecule has 2 aromatic carbocycles. The van der Waals surface area contributed by atoms with Gasteiger partial charge >= 0.3 is 0 Å². The van der Waals surface area contributed by atoms with Crippen LogP contribution in [-0.2, 0) is 4.79 Å². The smallest absolute Gasteiger partial charge is 0.222 e. The first-order chi connectivity index (χ1) is 12.2. The van der Waals surface area contributed by atoms with E-state index in [9.17, 15) is 4.79 Å². The molecular weight excluding hydrogens is 312 g/mol. The number of hydrogen-bond donors (Lipinski definition) is 0. The number of aryl methyl sites for hydroxylation is 1. The van der Waals surface area contributed by atoms with Gasteiger partial charge in [-0.25, -0.2) is 0 Å². The molecule has 2 aromatic rings. The molecule has 1 amide bonds. The molecule has 1 fully saturated rings. The highest BCUT2D eigenvalue weighted by Crippen LogP contribution is 2.18. The molecule has 0 radical (unpaired) electrons. The van der Waals surface area contributed by atoms with Crippen molar-refractivity contribution in [1.29, 1.82) is 0 Å². The summed E-state index contributed by atoms with van der Waals surface area (Å²) in [5, 5.41) is 0. The second-order valence-electron chi connectivity index (χ2n) is 6.47. The molecule has 0 aromatic heterocycles. The zero-order valence-corrected chi connectivity index (χ0v) is 14.9. The zero-order valence-electron chi connectivity index (χ0n) is 14.9. The maximum absolute atomic E-state index is 12.4. The molecule has 0 unspecified atom stereocenters. The van der Waals surface area contributed by atoms with Gasteiger partial charge in [-0.3, -0.25) is 4.79 Å². The minimum absolute atomic E-state index is 0.237. The number of carbonyl (C=O) groups is 1. The summed E-state index contributed by atoms with van der Waals surface area (Å²) >= 11 is 0. The Bertz CT molecular complexity index is 679. The van der Waals surface area contributed by atoms with Crippen LogP contribution in [0.15, 0.2) is 54.6 Å². The Balaban J connectivity index is 1.38. The van der Waals surface area contributed by atoms with Crippen molar-refractivity contribution in [1.82, 2.24) is 4.90 Å². The van der Waals surface area contributed by atoms with E-state index in [0.29, 0.717) is 13.0 Å². The lowest BCUT2D eigenvalue weighted by Gasteiger charge is -2.36. The molecule has 25 heavy (non-hydrogen) atoms. The van der Waals surface area contributed by atoms with Crippen LogP contribution in [0.4, 0.5) is 5.69 Å². The maximum atomic E-state index is 12.4. The molecule has 0 spiro atoms. The van der Waals surface area contributed by atoms with E-state index in [-0.39, 0.29) is 5.91 Å². The van der Waals surface area contributed by atoms with Crippen LogP contribution >= 0.6 is 0 Å². The fraction of sp³-hybridized carbons (Fsp3) is 0.381. The van der Waals surface area contributed by atoms with Crippen molar-refractivity contribution in [2.75, 3.05) is 37.7 Å². The summed E-state index contributed by atoms with van der Waals surface area (Å²) in [6.07, 6.45) is 1.31. The largest absolute Gasteiger partial charge is 0.494 e. The lowest BCUT2D eigenvalue weighted by atomic mass is 10.2. The summed E-state index contributed by atoms with van der Waals surface area (Å²) in [7, 11) is 0. The summed E-state index contributed by atoms with van der Waals surface area (Å²) in [5.74, 6) is 1.10. The predicted molar refractivity (Wildman–Crippen MR) is 101 cm³/mol. The van der Waals surface area contributed by atoms with Crippen LogP contribution in [-0.4, -0.2) is 43.6 Å². The van der Waals surface area contributed by atoms with Gasteiger partial charge in [0.15, 0.2) is 0 Å². The van der Waals surface area contributed by atoms with Crippen molar-refractivity contribution in [3.8, 4) is 5.75 Å². The molecule has 0 aliphatic carbocycles. The first-order valence-electron chi connectivity index (χ1n) is 8.99. The van der Waals surface area contributed by atoms with Crippen molar-refractivity contribution >= 4 is 11.6 Å². The Kier molecular flexibility index (Phi) is 5.94. The van der Waals surface area contributed by atoms with Crippen LogP contribution in [0.5, 0.6) is 5.75 Å². The van der Waals surface area contributed by atoms with E-state index < -0.39 is 0 Å². The van der Waals surface area contributed by atoms with Gasteiger partial charge in [-0.15, -0.1) is 0 Å². The van der Waals surface area contributed by atoms with E-state index in [0.717, 1.165) is 38.3 Å². The van der Waals surface area contributed by atoms with Crippen LogP contribution in [0.1, 0.15) is 18.4 Å². The molecule has 1 aliphatic rings. The van der Waals surface area contributed by atoms with Crippen molar-refractivity contribution in [3.63, 3.8) is 0 Å². The van der Waals surface area contributed by atoms with Crippen molar-refractivity contribution in [2.24, 2.45) is 0 Å². The molecule has 0 bridgehead atoms. The van der Waals surface area contributed by atoms with Gasteiger partial charge in [0.25, 0.3) is 0 Å². The lowest BCUT2D eigenvalue weighted by molar-refractivity contribution is -0.131. The number of nitrogens with zero attached hydrogens (tertiary/aromatic N) is 2. The number of anilines is 1. The topological polar surface area (TPSA) is 32.8 Å².